The lowest BCUT2D eigenvalue weighted by molar-refractivity contribution is -0.0515. The summed E-state index contributed by atoms with van der Waals surface area (Å²) in [5, 5.41) is 9.59. The van der Waals surface area contributed by atoms with Crippen molar-refractivity contribution in [3.8, 4) is 11.5 Å². The first-order valence-corrected chi connectivity index (χ1v) is 9.46. The van der Waals surface area contributed by atoms with Gasteiger partial charge in [0.2, 0.25) is 0 Å². The highest BCUT2D eigenvalue weighted by atomic mass is 19.3. The van der Waals surface area contributed by atoms with Gasteiger partial charge in [-0.1, -0.05) is 32.0 Å². The number of carbonyl (C=O) groups is 1. The SMILES string of the molecule is CC(C)CCOc1c(C=Cc2nc3ccccn3c2C(=O)O)cccc1OC(F)F. The molecule has 158 valence electrons. The van der Waals surface area contributed by atoms with Gasteiger partial charge in [0.1, 0.15) is 5.65 Å². The molecule has 2 aromatic heterocycles. The minimum atomic E-state index is -2.99. The molecule has 0 aliphatic carbocycles. The quantitative estimate of drug-likeness (QED) is 0.517. The van der Waals surface area contributed by atoms with E-state index in [1.807, 2.05) is 13.8 Å². The van der Waals surface area contributed by atoms with Crippen molar-refractivity contribution in [2.24, 2.45) is 5.92 Å². The number of imidazole rings is 1. The first kappa shape index (κ1) is 21.3. The Bertz CT molecular complexity index is 1060. The largest absolute Gasteiger partial charge is 0.489 e. The first-order chi connectivity index (χ1) is 14.4. The molecule has 0 spiro atoms. The average Bonchev–Trinajstić information content (AvgIpc) is 3.05. The topological polar surface area (TPSA) is 73.1 Å². The molecule has 0 saturated carbocycles. The normalized spacial score (nSPS) is 11.7. The third kappa shape index (κ3) is 4.94. The fourth-order valence-corrected chi connectivity index (χ4v) is 2.92. The zero-order chi connectivity index (χ0) is 21.7. The maximum atomic E-state index is 12.8. The van der Waals surface area contributed by atoms with Crippen molar-refractivity contribution in [2.45, 2.75) is 26.9 Å². The summed E-state index contributed by atoms with van der Waals surface area (Å²) in [6.07, 6.45) is 5.45. The Kier molecular flexibility index (Phi) is 6.66. The van der Waals surface area contributed by atoms with Crippen molar-refractivity contribution in [1.82, 2.24) is 9.38 Å². The number of hydrogen-bond donors (Lipinski definition) is 1. The molecule has 0 radical (unpaired) electrons. The molecule has 0 aliphatic heterocycles. The Morgan fingerprint density at radius 3 is 2.70 bits per heavy atom. The van der Waals surface area contributed by atoms with Crippen molar-refractivity contribution in [2.75, 3.05) is 6.61 Å². The van der Waals surface area contributed by atoms with Gasteiger partial charge >= 0.3 is 12.6 Å². The molecule has 0 aliphatic rings. The zero-order valence-corrected chi connectivity index (χ0v) is 16.6. The monoisotopic (exact) mass is 416 g/mol. The predicted octanol–water partition coefficient (Wildman–Crippen LogP) is 5.23. The van der Waals surface area contributed by atoms with E-state index in [2.05, 4.69) is 9.72 Å². The molecule has 8 heteroatoms. The van der Waals surface area contributed by atoms with Crippen LogP contribution in [-0.4, -0.2) is 33.7 Å². The van der Waals surface area contributed by atoms with Gasteiger partial charge in [-0.15, -0.1) is 0 Å². The van der Waals surface area contributed by atoms with Crippen molar-refractivity contribution in [1.29, 1.82) is 0 Å². The van der Waals surface area contributed by atoms with E-state index in [1.54, 1.807) is 42.6 Å². The van der Waals surface area contributed by atoms with E-state index in [4.69, 9.17) is 4.74 Å². The molecule has 0 bridgehead atoms. The molecule has 0 unspecified atom stereocenters. The maximum absolute atomic E-state index is 12.8. The molecular formula is C22H22F2N2O4. The number of halogens is 2. The fourth-order valence-electron chi connectivity index (χ4n) is 2.92. The van der Waals surface area contributed by atoms with Gasteiger partial charge in [0, 0.05) is 11.8 Å². The molecule has 30 heavy (non-hydrogen) atoms. The number of nitrogens with zero attached hydrogens (tertiary/aromatic N) is 2. The van der Waals surface area contributed by atoms with Gasteiger partial charge in [-0.25, -0.2) is 9.78 Å². The molecule has 1 aromatic carbocycles. The number of pyridine rings is 1. The van der Waals surface area contributed by atoms with E-state index in [0.717, 1.165) is 6.42 Å². The van der Waals surface area contributed by atoms with Crippen LogP contribution in [0.25, 0.3) is 17.8 Å². The fraction of sp³-hybridized carbons (Fsp3) is 0.273. The van der Waals surface area contributed by atoms with Crippen LogP contribution in [-0.2, 0) is 0 Å². The van der Waals surface area contributed by atoms with Crippen LogP contribution in [0.4, 0.5) is 8.78 Å². The second-order valence-electron chi connectivity index (χ2n) is 7.00. The number of hydrogen-bond acceptors (Lipinski definition) is 4. The molecule has 0 fully saturated rings. The predicted molar refractivity (Wildman–Crippen MR) is 109 cm³/mol. The zero-order valence-electron chi connectivity index (χ0n) is 16.6. The van der Waals surface area contributed by atoms with E-state index in [1.165, 1.54) is 16.5 Å². The van der Waals surface area contributed by atoms with Gasteiger partial charge in [0.05, 0.1) is 12.3 Å². The number of ether oxygens (including phenoxy) is 2. The van der Waals surface area contributed by atoms with Gasteiger partial charge in [-0.2, -0.15) is 8.78 Å². The molecule has 1 N–H and O–H groups in total. The van der Waals surface area contributed by atoms with Crippen LogP contribution in [0.2, 0.25) is 0 Å². The Labute approximate surface area is 172 Å². The summed E-state index contributed by atoms with van der Waals surface area (Å²) in [5.41, 5.74) is 1.20. The van der Waals surface area contributed by atoms with E-state index in [-0.39, 0.29) is 22.9 Å². The molecule has 0 saturated heterocycles. The second kappa shape index (κ2) is 9.39. The van der Waals surface area contributed by atoms with E-state index in [0.29, 0.717) is 23.7 Å². The van der Waals surface area contributed by atoms with Crippen LogP contribution >= 0.6 is 0 Å². The number of fused-ring (bicyclic) bond motifs is 1. The van der Waals surface area contributed by atoms with Gasteiger partial charge in [-0.3, -0.25) is 4.40 Å². The molecule has 6 nitrogen and oxygen atoms in total. The Hall–Kier alpha value is -3.42. The van der Waals surface area contributed by atoms with Crippen LogP contribution in [0.15, 0.2) is 42.6 Å². The molecule has 0 amide bonds. The first-order valence-electron chi connectivity index (χ1n) is 9.46. The summed E-state index contributed by atoms with van der Waals surface area (Å²) < 4.78 is 37.5. The number of benzene rings is 1. The highest BCUT2D eigenvalue weighted by Crippen LogP contribution is 2.34. The highest BCUT2D eigenvalue weighted by molar-refractivity contribution is 5.92. The van der Waals surface area contributed by atoms with Crippen LogP contribution in [0.5, 0.6) is 11.5 Å². The maximum Gasteiger partial charge on any atom is 0.387 e. The van der Waals surface area contributed by atoms with E-state index in [9.17, 15) is 18.7 Å². The molecular weight excluding hydrogens is 394 g/mol. The van der Waals surface area contributed by atoms with Crippen molar-refractivity contribution in [3.63, 3.8) is 0 Å². The number of carboxylic acids is 1. The van der Waals surface area contributed by atoms with Crippen LogP contribution in [0, 0.1) is 5.92 Å². The number of carboxylic acid groups (broad SMARTS) is 1. The Morgan fingerprint density at radius 1 is 1.20 bits per heavy atom. The van der Waals surface area contributed by atoms with Crippen LogP contribution in [0.3, 0.4) is 0 Å². The summed E-state index contributed by atoms with van der Waals surface area (Å²) in [6.45, 7) is 1.40. The lowest BCUT2D eigenvalue weighted by Gasteiger charge is -2.15. The molecule has 0 atom stereocenters. The third-order valence-electron chi connectivity index (χ3n) is 4.35. The minimum absolute atomic E-state index is 0.00381. The van der Waals surface area contributed by atoms with Gasteiger partial charge in [0.25, 0.3) is 0 Å². The second-order valence-corrected chi connectivity index (χ2v) is 7.00. The number of aromatic nitrogens is 2. The van der Waals surface area contributed by atoms with E-state index >= 15 is 0 Å². The summed E-state index contributed by atoms with van der Waals surface area (Å²) in [7, 11) is 0. The molecule has 3 rings (SSSR count). The summed E-state index contributed by atoms with van der Waals surface area (Å²) in [5.74, 6) is -0.653. The van der Waals surface area contributed by atoms with Crippen molar-refractivity contribution >= 4 is 23.8 Å². The lowest BCUT2D eigenvalue weighted by Crippen LogP contribution is -2.07. The average molecular weight is 416 g/mol. The van der Waals surface area contributed by atoms with Crippen LogP contribution in [0.1, 0.15) is 42.0 Å². The standard InChI is InChI=1S/C22H22F2N2O4/c1-14(2)11-13-29-20-15(6-5-7-17(20)30-22(23)24)9-10-16-19(21(27)28)26-12-4-3-8-18(26)25-16/h3-10,12,14,22H,11,13H2,1-2H3,(H,27,28). The van der Waals surface area contributed by atoms with Gasteiger partial charge < -0.3 is 14.6 Å². The van der Waals surface area contributed by atoms with Crippen molar-refractivity contribution < 1.29 is 28.2 Å². The highest BCUT2D eigenvalue weighted by Gasteiger charge is 2.18. The van der Waals surface area contributed by atoms with Crippen LogP contribution < -0.4 is 9.47 Å². The Balaban J connectivity index is 1.99. The Morgan fingerprint density at radius 2 is 2.00 bits per heavy atom. The van der Waals surface area contributed by atoms with Crippen molar-refractivity contribution in [3.05, 3.63) is 59.5 Å². The summed E-state index contributed by atoms with van der Waals surface area (Å²) >= 11 is 0. The number of para-hydroxylation sites is 1. The van der Waals surface area contributed by atoms with Gasteiger partial charge in [0.15, 0.2) is 17.2 Å². The lowest BCUT2D eigenvalue weighted by atomic mass is 10.1. The third-order valence-corrected chi connectivity index (χ3v) is 4.35. The number of aromatic carboxylic acids is 1. The summed E-state index contributed by atoms with van der Waals surface area (Å²) in [6, 6.07) is 9.81. The molecule has 3 aromatic rings. The van der Waals surface area contributed by atoms with E-state index < -0.39 is 12.6 Å². The minimum Gasteiger partial charge on any atom is -0.489 e. The number of rotatable bonds is 9. The smallest absolute Gasteiger partial charge is 0.387 e. The molecule has 2 heterocycles. The summed E-state index contributed by atoms with van der Waals surface area (Å²) in [4.78, 5) is 16.1. The van der Waals surface area contributed by atoms with Gasteiger partial charge in [-0.05, 0) is 42.7 Å². The number of alkyl halides is 2.